The molecule has 24 heavy (non-hydrogen) atoms. The van der Waals surface area contributed by atoms with E-state index in [1.165, 1.54) is 24.9 Å². The number of para-hydroxylation sites is 1. The van der Waals surface area contributed by atoms with Crippen LogP contribution in [0, 0.1) is 0 Å². The average molecular weight is 326 g/mol. The lowest BCUT2D eigenvalue weighted by atomic mass is 10.2. The lowest BCUT2D eigenvalue weighted by Gasteiger charge is -2.19. The van der Waals surface area contributed by atoms with E-state index >= 15 is 0 Å². The van der Waals surface area contributed by atoms with Gasteiger partial charge in [-0.2, -0.15) is 0 Å². The molecule has 0 atom stereocenters. The topological polar surface area (TPSA) is 24.5 Å². The third-order valence-corrected chi connectivity index (χ3v) is 4.09. The fourth-order valence-electron chi connectivity index (χ4n) is 2.57. The first-order valence-electron chi connectivity index (χ1n) is 9.02. The molecule has 2 rings (SSSR count). The Kier molecular flexibility index (Phi) is 8.02. The molecule has 0 saturated heterocycles. The summed E-state index contributed by atoms with van der Waals surface area (Å²) >= 11 is 0. The molecule has 0 spiro atoms. The number of rotatable bonds is 11. The van der Waals surface area contributed by atoms with Gasteiger partial charge in [-0.05, 0) is 42.8 Å². The lowest BCUT2D eigenvalue weighted by molar-refractivity contribution is 0.305. The van der Waals surface area contributed by atoms with Gasteiger partial charge in [-0.25, -0.2) is 0 Å². The first-order chi connectivity index (χ1) is 11.8. The van der Waals surface area contributed by atoms with Gasteiger partial charge in [0.15, 0.2) is 0 Å². The van der Waals surface area contributed by atoms with Gasteiger partial charge in [0.2, 0.25) is 0 Å². The van der Waals surface area contributed by atoms with Crippen LogP contribution in [0.3, 0.4) is 0 Å². The number of ether oxygens (including phenoxy) is 1. The highest BCUT2D eigenvalue weighted by molar-refractivity contribution is 5.48. The van der Waals surface area contributed by atoms with Crippen LogP contribution in [-0.4, -0.2) is 26.7 Å². The summed E-state index contributed by atoms with van der Waals surface area (Å²) in [6.45, 7) is 4.90. The second-order valence-electron chi connectivity index (χ2n) is 6.12. The first kappa shape index (κ1) is 18.2. The quantitative estimate of drug-likeness (QED) is 0.575. The van der Waals surface area contributed by atoms with E-state index in [1.54, 1.807) is 0 Å². The third-order valence-electron chi connectivity index (χ3n) is 4.09. The van der Waals surface area contributed by atoms with E-state index < -0.39 is 0 Å². The molecular weight excluding hydrogens is 296 g/mol. The molecule has 0 aromatic heterocycles. The van der Waals surface area contributed by atoms with E-state index in [9.17, 15) is 0 Å². The molecule has 3 nitrogen and oxygen atoms in total. The predicted octanol–water partition coefficient (Wildman–Crippen LogP) is 5.19. The minimum Gasteiger partial charge on any atom is -0.494 e. The molecule has 0 radical (unpaired) electrons. The van der Waals surface area contributed by atoms with Crippen molar-refractivity contribution in [1.82, 2.24) is 0 Å². The zero-order valence-electron chi connectivity index (χ0n) is 15.0. The highest BCUT2D eigenvalue weighted by Gasteiger charge is 2.00. The van der Waals surface area contributed by atoms with Crippen LogP contribution < -0.4 is 15.0 Å². The van der Waals surface area contributed by atoms with E-state index in [1.807, 2.05) is 18.2 Å². The molecule has 2 aromatic carbocycles. The van der Waals surface area contributed by atoms with Gasteiger partial charge in [-0.3, -0.25) is 0 Å². The lowest BCUT2D eigenvalue weighted by Crippen LogP contribution is -2.24. The number of anilines is 2. The summed E-state index contributed by atoms with van der Waals surface area (Å²) in [6.07, 6.45) is 4.95. The Labute approximate surface area is 146 Å². The van der Waals surface area contributed by atoms with Crippen molar-refractivity contribution in [2.45, 2.75) is 32.6 Å². The van der Waals surface area contributed by atoms with Crippen LogP contribution in [-0.2, 0) is 0 Å². The van der Waals surface area contributed by atoms with E-state index in [-0.39, 0.29) is 0 Å². The number of nitrogens with one attached hydrogen (secondary N) is 1. The van der Waals surface area contributed by atoms with Crippen LogP contribution in [0.15, 0.2) is 54.6 Å². The molecule has 130 valence electrons. The Balaban J connectivity index is 1.66. The standard InChI is InChI=1S/C21H30N2O/c1-3-4-5-9-18-24-21-14-12-19(13-15-21)22-16-17-23(2)20-10-7-6-8-11-20/h6-8,10-15,22H,3-5,9,16-18H2,1-2H3. The predicted molar refractivity (Wildman–Crippen MR) is 104 cm³/mol. The van der Waals surface area contributed by atoms with Gasteiger partial charge in [0.05, 0.1) is 6.61 Å². The molecule has 1 N–H and O–H groups in total. The van der Waals surface area contributed by atoms with Gasteiger partial charge in [-0.1, -0.05) is 44.4 Å². The van der Waals surface area contributed by atoms with Crippen molar-refractivity contribution in [3.8, 4) is 5.75 Å². The first-order valence-corrected chi connectivity index (χ1v) is 9.02. The Morgan fingerprint density at radius 1 is 0.917 bits per heavy atom. The van der Waals surface area contributed by atoms with E-state index in [4.69, 9.17) is 4.74 Å². The Hall–Kier alpha value is -2.16. The molecule has 2 aromatic rings. The van der Waals surface area contributed by atoms with Gasteiger partial charge in [0.25, 0.3) is 0 Å². The summed E-state index contributed by atoms with van der Waals surface area (Å²) in [4.78, 5) is 2.25. The Morgan fingerprint density at radius 3 is 2.38 bits per heavy atom. The second-order valence-corrected chi connectivity index (χ2v) is 6.12. The van der Waals surface area contributed by atoms with Gasteiger partial charge in [0.1, 0.15) is 5.75 Å². The van der Waals surface area contributed by atoms with Gasteiger partial charge in [-0.15, -0.1) is 0 Å². The molecule has 0 aliphatic carbocycles. The van der Waals surface area contributed by atoms with Gasteiger partial charge >= 0.3 is 0 Å². The second kappa shape index (κ2) is 10.6. The maximum atomic E-state index is 5.77. The smallest absolute Gasteiger partial charge is 0.119 e. The summed E-state index contributed by atoms with van der Waals surface area (Å²) in [5, 5.41) is 3.46. The van der Waals surface area contributed by atoms with Gasteiger partial charge in [0, 0.05) is 31.5 Å². The summed E-state index contributed by atoms with van der Waals surface area (Å²) < 4.78 is 5.77. The van der Waals surface area contributed by atoms with Crippen LogP contribution in [0.1, 0.15) is 32.6 Å². The van der Waals surface area contributed by atoms with Crippen molar-refractivity contribution in [1.29, 1.82) is 0 Å². The molecule has 0 aliphatic heterocycles. The van der Waals surface area contributed by atoms with Crippen LogP contribution >= 0.6 is 0 Å². The van der Waals surface area contributed by atoms with Crippen molar-refractivity contribution < 1.29 is 4.74 Å². The van der Waals surface area contributed by atoms with E-state index in [0.29, 0.717) is 0 Å². The third kappa shape index (κ3) is 6.53. The monoisotopic (exact) mass is 326 g/mol. The molecule has 0 saturated carbocycles. The number of likely N-dealkylation sites (N-methyl/N-ethyl adjacent to an activating group) is 1. The highest BCUT2D eigenvalue weighted by Crippen LogP contribution is 2.16. The van der Waals surface area contributed by atoms with Crippen LogP contribution in [0.5, 0.6) is 5.75 Å². The molecule has 0 amide bonds. The zero-order chi connectivity index (χ0) is 17.0. The minimum atomic E-state index is 0.814. The van der Waals surface area contributed by atoms with E-state index in [2.05, 4.69) is 60.6 Å². The number of hydrogen-bond acceptors (Lipinski definition) is 3. The Morgan fingerprint density at radius 2 is 1.67 bits per heavy atom. The molecule has 3 heteroatoms. The van der Waals surface area contributed by atoms with Crippen molar-refractivity contribution in [2.75, 3.05) is 37.0 Å². The average Bonchev–Trinajstić information content (AvgIpc) is 2.63. The fourth-order valence-corrected chi connectivity index (χ4v) is 2.57. The number of nitrogens with zero attached hydrogens (tertiary/aromatic N) is 1. The van der Waals surface area contributed by atoms with E-state index in [0.717, 1.165) is 37.6 Å². The Bertz CT molecular complexity index is 554. The molecule has 0 unspecified atom stereocenters. The summed E-state index contributed by atoms with van der Waals surface area (Å²) in [6, 6.07) is 18.7. The van der Waals surface area contributed by atoms with Crippen LogP contribution in [0.25, 0.3) is 0 Å². The van der Waals surface area contributed by atoms with Crippen molar-refractivity contribution in [3.63, 3.8) is 0 Å². The number of hydrogen-bond donors (Lipinski definition) is 1. The maximum Gasteiger partial charge on any atom is 0.119 e. The normalized spacial score (nSPS) is 10.4. The number of unbranched alkanes of at least 4 members (excludes halogenated alkanes) is 3. The van der Waals surface area contributed by atoms with Crippen molar-refractivity contribution in [2.24, 2.45) is 0 Å². The summed E-state index contributed by atoms with van der Waals surface area (Å²) in [5.74, 6) is 0.957. The summed E-state index contributed by atoms with van der Waals surface area (Å²) in [7, 11) is 2.12. The number of benzene rings is 2. The van der Waals surface area contributed by atoms with Crippen LogP contribution in [0.2, 0.25) is 0 Å². The van der Waals surface area contributed by atoms with Crippen molar-refractivity contribution in [3.05, 3.63) is 54.6 Å². The molecule has 0 bridgehead atoms. The fraction of sp³-hybridized carbons (Fsp3) is 0.429. The van der Waals surface area contributed by atoms with Gasteiger partial charge < -0.3 is 15.0 Å². The van der Waals surface area contributed by atoms with Crippen LogP contribution in [0.4, 0.5) is 11.4 Å². The highest BCUT2D eigenvalue weighted by atomic mass is 16.5. The zero-order valence-corrected chi connectivity index (χ0v) is 15.0. The molecule has 0 heterocycles. The van der Waals surface area contributed by atoms with Crippen molar-refractivity contribution >= 4 is 11.4 Å². The maximum absolute atomic E-state index is 5.77. The molecule has 0 fully saturated rings. The minimum absolute atomic E-state index is 0.814. The molecule has 0 aliphatic rings. The molecular formula is C21H30N2O. The largest absolute Gasteiger partial charge is 0.494 e. The summed E-state index contributed by atoms with van der Waals surface area (Å²) in [5.41, 5.74) is 2.38. The SMILES string of the molecule is CCCCCCOc1ccc(NCCN(C)c2ccccc2)cc1.